The van der Waals surface area contributed by atoms with Gasteiger partial charge in [-0.1, -0.05) is 49.9 Å². The van der Waals surface area contributed by atoms with Crippen molar-refractivity contribution >= 4 is 28.1 Å². The molecule has 3 rings (SSSR count). The maximum absolute atomic E-state index is 10.5. The topological polar surface area (TPSA) is 40.3 Å². The summed E-state index contributed by atoms with van der Waals surface area (Å²) in [5.74, 6) is -0.673. The van der Waals surface area contributed by atoms with Gasteiger partial charge in [0.25, 0.3) is 0 Å². The average Bonchev–Trinajstić information content (AvgIpc) is 2.87. The molecule has 0 atom stereocenters. The second-order valence-corrected chi connectivity index (χ2v) is 8.66. The van der Waals surface area contributed by atoms with Crippen LogP contribution in [-0.2, 0) is 10.2 Å². The summed E-state index contributed by atoms with van der Waals surface area (Å²) in [4.78, 5) is 10.5. The molecule has 1 N–H and O–H groups in total. The zero-order valence-corrected chi connectivity index (χ0v) is 19.6. The Balaban J connectivity index is 0.00000300. The van der Waals surface area contributed by atoms with Crippen molar-refractivity contribution in [3.8, 4) is 0 Å². The van der Waals surface area contributed by atoms with Gasteiger partial charge in [0.15, 0.2) is 5.71 Å². The van der Waals surface area contributed by atoms with Crippen LogP contribution in [-0.4, -0.2) is 27.9 Å². The van der Waals surface area contributed by atoms with E-state index >= 15 is 0 Å². The normalized spacial score (nSPS) is 14.7. The molecule has 1 heterocycles. The number of halogens is 1. The van der Waals surface area contributed by atoms with Gasteiger partial charge in [-0.05, 0) is 43.5 Å². The van der Waals surface area contributed by atoms with Crippen LogP contribution in [0.3, 0.4) is 0 Å². The SMILES string of the molecule is CC1=[N+](CCCCCCCCCC(=O)O)c2ccc3ccccc3c2C1(C)C.[Br-]. The Hall–Kier alpha value is -1.68. The number of carboxylic acids is 1. The number of carbonyl (C=O) groups is 1. The van der Waals surface area contributed by atoms with Crippen LogP contribution in [0.4, 0.5) is 5.69 Å². The summed E-state index contributed by atoms with van der Waals surface area (Å²) in [6.45, 7) is 8.08. The molecular weight excluding hydrogens is 426 g/mol. The highest BCUT2D eigenvalue weighted by Gasteiger charge is 2.43. The quantitative estimate of drug-likeness (QED) is 0.436. The standard InChI is InChI=1S/C25H33NO2.BrH/c1-19-25(2,3)24-21-14-11-10-13-20(21)16-17-22(24)26(19)18-12-8-6-4-5-7-9-15-23(27)28;/h10-11,13-14,16-17H,4-9,12,15,18H2,1-3H3;1H. The lowest BCUT2D eigenvalue weighted by molar-refractivity contribution is -0.439. The zero-order valence-electron chi connectivity index (χ0n) is 18.0. The first-order chi connectivity index (χ1) is 13.4. The van der Waals surface area contributed by atoms with Crippen molar-refractivity contribution in [2.24, 2.45) is 0 Å². The monoisotopic (exact) mass is 459 g/mol. The van der Waals surface area contributed by atoms with Crippen LogP contribution < -0.4 is 17.0 Å². The predicted octanol–water partition coefficient (Wildman–Crippen LogP) is 3.45. The molecule has 0 fully saturated rings. The van der Waals surface area contributed by atoms with Crippen LogP contribution in [0.25, 0.3) is 10.8 Å². The van der Waals surface area contributed by atoms with Crippen molar-refractivity contribution in [1.82, 2.24) is 0 Å². The molecule has 0 saturated heterocycles. The van der Waals surface area contributed by atoms with E-state index in [-0.39, 0.29) is 22.4 Å². The van der Waals surface area contributed by atoms with Crippen molar-refractivity contribution in [3.63, 3.8) is 0 Å². The Bertz CT molecular complexity index is 886. The molecule has 29 heavy (non-hydrogen) atoms. The van der Waals surface area contributed by atoms with Gasteiger partial charge in [-0.25, -0.2) is 0 Å². The lowest BCUT2D eigenvalue weighted by atomic mass is 9.80. The van der Waals surface area contributed by atoms with Gasteiger partial charge >= 0.3 is 5.97 Å². The molecule has 0 bridgehead atoms. The van der Waals surface area contributed by atoms with Crippen LogP contribution in [0.1, 0.15) is 77.7 Å². The zero-order chi connectivity index (χ0) is 20.1. The number of hydrogen-bond donors (Lipinski definition) is 1. The number of carboxylic acid groups (broad SMARTS) is 1. The minimum Gasteiger partial charge on any atom is -1.00 e. The van der Waals surface area contributed by atoms with Crippen LogP contribution in [0.15, 0.2) is 36.4 Å². The summed E-state index contributed by atoms with van der Waals surface area (Å²) in [7, 11) is 0. The summed E-state index contributed by atoms with van der Waals surface area (Å²) in [6.07, 6.45) is 8.23. The van der Waals surface area contributed by atoms with Gasteiger partial charge in [0, 0.05) is 31.4 Å². The van der Waals surface area contributed by atoms with E-state index in [0.29, 0.717) is 6.42 Å². The van der Waals surface area contributed by atoms with E-state index in [0.717, 1.165) is 25.8 Å². The molecule has 0 amide bonds. The van der Waals surface area contributed by atoms with Crippen LogP contribution in [0.2, 0.25) is 0 Å². The van der Waals surface area contributed by atoms with Crippen molar-refractivity contribution < 1.29 is 31.5 Å². The molecule has 0 saturated carbocycles. The van der Waals surface area contributed by atoms with Gasteiger partial charge in [0.1, 0.15) is 6.54 Å². The maximum atomic E-state index is 10.5. The van der Waals surface area contributed by atoms with E-state index in [1.807, 2.05) is 0 Å². The Morgan fingerprint density at radius 2 is 1.55 bits per heavy atom. The first-order valence-electron chi connectivity index (χ1n) is 10.8. The average molecular weight is 460 g/mol. The van der Waals surface area contributed by atoms with Gasteiger partial charge in [-0.3, -0.25) is 4.79 Å². The number of hydrogen-bond acceptors (Lipinski definition) is 1. The summed E-state index contributed by atoms with van der Waals surface area (Å²) in [6, 6.07) is 13.3. The lowest BCUT2D eigenvalue weighted by Crippen LogP contribution is -3.00. The third-order valence-corrected chi connectivity index (χ3v) is 6.40. The molecule has 4 heteroatoms. The fourth-order valence-corrected chi connectivity index (χ4v) is 4.56. The largest absolute Gasteiger partial charge is 1.00 e. The number of unbranched alkanes of at least 4 members (excludes halogenated alkanes) is 6. The van der Waals surface area contributed by atoms with E-state index in [1.54, 1.807) is 0 Å². The van der Waals surface area contributed by atoms with Crippen LogP contribution in [0, 0.1) is 0 Å². The van der Waals surface area contributed by atoms with Crippen molar-refractivity contribution in [1.29, 1.82) is 0 Å². The fraction of sp³-hybridized carbons (Fsp3) is 0.520. The van der Waals surface area contributed by atoms with E-state index in [1.165, 1.54) is 53.4 Å². The molecule has 0 aromatic heterocycles. The first kappa shape index (κ1) is 23.6. The van der Waals surface area contributed by atoms with E-state index < -0.39 is 5.97 Å². The summed E-state index contributed by atoms with van der Waals surface area (Å²) in [5.41, 5.74) is 4.38. The third-order valence-electron chi connectivity index (χ3n) is 6.40. The van der Waals surface area contributed by atoms with Crippen LogP contribution >= 0.6 is 0 Å². The van der Waals surface area contributed by atoms with Crippen molar-refractivity contribution in [2.45, 2.75) is 77.6 Å². The highest BCUT2D eigenvalue weighted by Crippen LogP contribution is 2.43. The summed E-state index contributed by atoms with van der Waals surface area (Å²) in [5, 5.41) is 11.4. The van der Waals surface area contributed by atoms with E-state index in [2.05, 4.69) is 61.7 Å². The van der Waals surface area contributed by atoms with Gasteiger partial charge in [-0.15, -0.1) is 0 Å². The lowest BCUT2D eigenvalue weighted by Gasteiger charge is -2.17. The molecule has 158 valence electrons. The smallest absolute Gasteiger partial charge is 0.303 e. The molecule has 2 aromatic rings. The number of aliphatic carboxylic acids is 1. The number of nitrogens with zero attached hydrogens (tertiary/aromatic N) is 1. The second-order valence-electron chi connectivity index (χ2n) is 8.66. The Kier molecular flexibility index (Phi) is 8.45. The number of benzene rings is 2. The summed E-state index contributed by atoms with van der Waals surface area (Å²) < 4.78 is 2.54. The fourth-order valence-electron chi connectivity index (χ4n) is 4.56. The van der Waals surface area contributed by atoms with Gasteiger partial charge < -0.3 is 22.1 Å². The number of rotatable bonds is 10. The maximum Gasteiger partial charge on any atom is 0.303 e. The van der Waals surface area contributed by atoms with Gasteiger partial charge in [0.2, 0.25) is 5.69 Å². The first-order valence-corrected chi connectivity index (χ1v) is 10.8. The molecule has 1 aliphatic rings. The Morgan fingerprint density at radius 1 is 0.931 bits per heavy atom. The summed E-state index contributed by atoms with van der Waals surface area (Å²) >= 11 is 0. The minimum absolute atomic E-state index is 0. The highest BCUT2D eigenvalue weighted by molar-refractivity contribution is 6.01. The third kappa shape index (κ3) is 5.28. The molecule has 0 spiro atoms. The van der Waals surface area contributed by atoms with E-state index in [9.17, 15) is 4.79 Å². The van der Waals surface area contributed by atoms with Crippen LogP contribution in [0.5, 0.6) is 0 Å². The van der Waals surface area contributed by atoms with Crippen molar-refractivity contribution in [2.75, 3.05) is 6.54 Å². The second kappa shape index (κ2) is 10.4. The molecular formula is C25H34BrNO2. The molecule has 3 nitrogen and oxygen atoms in total. The molecule has 0 aliphatic carbocycles. The predicted molar refractivity (Wildman–Crippen MR) is 117 cm³/mol. The molecule has 0 unspecified atom stereocenters. The van der Waals surface area contributed by atoms with Gasteiger partial charge in [-0.2, -0.15) is 4.58 Å². The highest BCUT2D eigenvalue weighted by atomic mass is 79.9. The van der Waals surface area contributed by atoms with Gasteiger partial charge in [0.05, 0.1) is 5.41 Å². The van der Waals surface area contributed by atoms with Crippen molar-refractivity contribution in [3.05, 3.63) is 42.0 Å². The number of fused-ring (bicyclic) bond motifs is 3. The molecule has 1 aliphatic heterocycles. The molecule has 2 aromatic carbocycles. The van der Waals surface area contributed by atoms with E-state index in [4.69, 9.17) is 5.11 Å². The Labute approximate surface area is 185 Å². The molecule has 0 radical (unpaired) electrons. The minimum atomic E-state index is -0.673. The Morgan fingerprint density at radius 3 is 2.24 bits per heavy atom.